The van der Waals surface area contributed by atoms with Crippen molar-refractivity contribution in [3.05, 3.63) is 0 Å². The van der Waals surface area contributed by atoms with Gasteiger partial charge in [-0.3, -0.25) is 4.79 Å². The number of esters is 1. The highest BCUT2D eigenvalue weighted by Gasteiger charge is 2.10. The number of rotatable bonds is 5. The Morgan fingerprint density at radius 3 is 2.50 bits per heavy atom. The number of carbonyl (C=O) groups is 1. The zero-order valence-electron chi connectivity index (χ0n) is 8.17. The van der Waals surface area contributed by atoms with Crippen molar-refractivity contribution in [3.63, 3.8) is 0 Å². The minimum absolute atomic E-state index is 0.307. The van der Waals surface area contributed by atoms with E-state index in [1.807, 2.05) is 0 Å². The van der Waals surface area contributed by atoms with Crippen LogP contribution >= 0.6 is 0 Å². The number of hydrogen-bond donors (Lipinski definition) is 1. The van der Waals surface area contributed by atoms with Crippen LogP contribution in [-0.4, -0.2) is 18.6 Å². The molecule has 0 saturated heterocycles. The number of nitrogens with two attached hydrogens (primary N) is 1. The van der Waals surface area contributed by atoms with Crippen LogP contribution in [0.2, 0.25) is 0 Å². The van der Waals surface area contributed by atoms with Crippen LogP contribution < -0.4 is 5.73 Å². The van der Waals surface area contributed by atoms with Crippen LogP contribution in [-0.2, 0) is 9.53 Å². The second-order valence-corrected chi connectivity index (χ2v) is 3.31. The molecule has 0 aromatic carbocycles. The summed E-state index contributed by atoms with van der Waals surface area (Å²) in [6.45, 7) is 6.31. The topological polar surface area (TPSA) is 52.3 Å². The van der Waals surface area contributed by atoms with Gasteiger partial charge in [0.15, 0.2) is 0 Å². The monoisotopic (exact) mass is 173 g/mol. The molecule has 2 N–H and O–H groups in total. The summed E-state index contributed by atoms with van der Waals surface area (Å²) in [4.78, 5) is 10.9. The van der Waals surface area contributed by atoms with Gasteiger partial charge in [0.25, 0.3) is 0 Å². The van der Waals surface area contributed by atoms with Crippen LogP contribution in [0.15, 0.2) is 0 Å². The molecule has 3 heteroatoms. The SMILES string of the molecule is CCCC(C)COC(=O)[C@H](C)N. The van der Waals surface area contributed by atoms with Crippen molar-refractivity contribution in [2.24, 2.45) is 11.7 Å². The van der Waals surface area contributed by atoms with E-state index in [-0.39, 0.29) is 5.97 Å². The van der Waals surface area contributed by atoms with Crippen molar-refractivity contribution in [1.29, 1.82) is 0 Å². The lowest BCUT2D eigenvalue weighted by atomic mass is 10.1. The molecular weight excluding hydrogens is 154 g/mol. The summed E-state index contributed by atoms with van der Waals surface area (Å²) in [6, 6.07) is -0.501. The molecule has 0 fully saturated rings. The molecular formula is C9H19NO2. The van der Waals surface area contributed by atoms with E-state index < -0.39 is 6.04 Å². The van der Waals surface area contributed by atoms with Crippen LogP contribution in [0.25, 0.3) is 0 Å². The maximum atomic E-state index is 10.9. The van der Waals surface area contributed by atoms with E-state index in [1.54, 1.807) is 6.92 Å². The molecule has 72 valence electrons. The average molecular weight is 173 g/mol. The lowest BCUT2D eigenvalue weighted by Crippen LogP contribution is -2.29. The van der Waals surface area contributed by atoms with Gasteiger partial charge in [0.1, 0.15) is 6.04 Å². The van der Waals surface area contributed by atoms with E-state index in [0.29, 0.717) is 12.5 Å². The molecule has 0 bridgehead atoms. The number of hydrogen-bond acceptors (Lipinski definition) is 3. The van der Waals surface area contributed by atoms with Crippen molar-refractivity contribution in [1.82, 2.24) is 0 Å². The van der Waals surface area contributed by atoms with Crippen LogP contribution in [0.4, 0.5) is 0 Å². The molecule has 0 heterocycles. The Kier molecular flexibility index (Phi) is 5.72. The zero-order valence-corrected chi connectivity index (χ0v) is 8.17. The molecule has 0 aliphatic carbocycles. The van der Waals surface area contributed by atoms with E-state index >= 15 is 0 Å². The van der Waals surface area contributed by atoms with E-state index in [0.717, 1.165) is 12.8 Å². The normalized spacial score (nSPS) is 15.3. The highest BCUT2D eigenvalue weighted by atomic mass is 16.5. The molecule has 1 unspecified atom stereocenters. The highest BCUT2D eigenvalue weighted by molar-refractivity contribution is 5.74. The van der Waals surface area contributed by atoms with Crippen LogP contribution in [0.3, 0.4) is 0 Å². The summed E-state index contributed by atoms with van der Waals surface area (Å²) in [7, 11) is 0. The van der Waals surface area contributed by atoms with E-state index in [9.17, 15) is 4.79 Å². The lowest BCUT2D eigenvalue weighted by molar-refractivity contribution is -0.146. The average Bonchev–Trinajstić information content (AvgIpc) is 2.00. The summed E-state index contributed by atoms with van der Waals surface area (Å²) >= 11 is 0. The third-order valence-electron chi connectivity index (χ3n) is 1.66. The second-order valence-electron chi connectivity index (χ2n) is 3.31. The third kappa shape index (κ3) is 5.13. The molecule has 0 saturated carbocycles. The minimum atomic E-state index is -0.501. The van der Waals surface area contributed by atoms with Crippen molar-refractivity contribution in [2.45, 2.75) is 39.7 Å². The van der Waals surface area contributed by atoms with Crippen molar-refractivity contribution >= 4 is 5.97 Å². The second kappa shape index (κ2) is 6.00. The van der Waals surface area contributed by atoms with Gasteiger partial charge in [0.05, 0.1) is 6.61 Å². The Labute approximate surface area is 74.3 Å². The molecule has 0 aromatic rings. The largest absolute Gasteiger partial charge is 0.464 e. The Morgan fingerprint density at radius 2 is 2.08 bits per heavy atom. The van der Waals surface area contributed by atoms with Gasteiger partial charge in [0.2, 0.25) is 0 Å². The smallest absolute Gasteiger partial charge is 0.322 e. The van der Waals surface area contributed by atoms with Gasteiger partial charge in [-0.2, -0.15) is 0 Å². The Balaban J connectivity index is 3.47. The minimum Gasteiger partial charge on any atom is -0.464 e. The van der Waals surface area contributed by atoms with Gasteiger partial charge in [-0.05, 0) is 19.3 Å². The molecule has 0 aromatic heterocycles. The summed E-state index contributed by atoms with van der Waals surface area (Å²) in [6.07, 6.45) is 2.21. The predicted octanol–water partition coefficient (Wildman–Crippen LogP) is 1.31. The first kappa shape index (κ1) is 11.4. The Hall–Kier alpha value is -0.570. The van der Waals surface area contributed by atoms with Gasteiger partial charge in [0, 0.05) is 0 Å². The number of ether oxygens (including phenoxy) is 1. The van der Waals surface area contributed by atoms with Gasteiger partial charge < -0.3 is 10.5 Å². The van der Waals surface area contributed by atoms with Gasteiger partial charge in [-0.1, -0.05) is 20.3 Å². The van der Waals surface area contributed by atoms with Crippen molar-refractivity contribution in [3.8, 4) is 0 Å². The summed E-state index contributed by atoms with van der Waals surface area (Å²) in [5.74, 6) is 0.135. The fourth-order valence-electron chi connectivity index (χ4n) is 0.932. The summed E-state index contributed by atoms with van der Waals surface area (Å²) < 4.78 is 4.95. The maximum absolute atomic E-state index is 10.9. The molecule has 0 aliphatic heterocycles. The van der Waals surface area contributed by atoms with E-state index in [1.165, 1.54) is 0 Å². The van der Waals surface area contributed by atoms with Gasteiger partial charge in [-0.15, -0.1) is 0 Å². The molecule has 0 spiro atoms. The van der Waals surface area contributed by atoms with Gasteiger partial charge >= 0.3 is 5.97 Å². The molecule has 0 rings (SSSR count). The standard InChI is InChI=1S/C9H19NO2/c1-4-5-7(2)6-12-9(11)8(3)10/h7-8H,4-6,10H2,1-3H3/t7?,8-/m0/s1. The Morgan fingerprint density at radius 1 is 1.50 bits per heavy atom. The summed E-state index contributed by atoms with van der Waals surface area (Å²) in [5.41, 5.74) is 5.32. The molecule has 0 amide bonds. The van der Waals surface area contributed by atoms with Crippen molar-refractivity contribution in [2.75, 3.05) is 6.61 Å². The fraction of sp³-hybridized carbons (Fsp3) is 0.889. The first-order valence-corrected chi connectivity index (χ1v) is 4.50. The lowest BCUT2D eigenvalue weighted by Gasteiger charge is -2.11. The quantitative estimate of drug-likeness (QED) is 0.638. The van der Waals surface area contributed by atoms with E-state index in [2.05, 4.69) is 13.8 Å². The zero-order chi connectivity index (χ0) is 9.56. The van der Waals surface area contributed by atoms with Crippen LogP contribution in [0.1, 0.15) is 33.6 Å². The fourth-order valence-corrected chi connectivity index (χ4v) is 0.932. The molecule has 0 radical (unpaired) electrons. The van der Waals surface area contributed by atoms with Crippen LogP contribution in [0.5, 0.6) is 0 Å². The molecule has 0 aliphatic rings. The first-order valence-electron chi connectivity index (χ1n) is 4.50. The Bertz CT molecular complexity index is 134. The maximum Gasteiger partial charge on any atom is 0.322 e. The molecule has 12 heavy (non-hydrogen) atoms. The highest BCUT2D eigenvalue weighted by Crippen LogP contribution is 2.05. The first-order chi connectivity index (χ1) is 5.57. The van der Waals surface area contributed by atoms with Crippen LogP contribution in [0, 0.1) is 5.92 Å². The third-order valence-corrected chi connectivity index (χ3v) is 1.66. The molecule has 3 nitrogen and oxygen atoms in total. The number of carbonyl (C=O) groups excluding carboxylic acids is 1. The van der Waals surface area contributed by atoms with Gasteiger partial charge in [-0.25, -0.2) is 0 Å². The summed E-state index contributed by atoms with van der Waals surface area (Å²) in [5, 5.41) is 0. The molecule has 2 atom stereocenters. The predicted molar refractivity (Wildman–Crippen MR) is 48.7 cm³/mol. The van der Waals surface area contributed by atoms with Crippen molar-refractivity contribution < 1.29 is 9.53 Å². The van der Waals surface area contributed by atoms with E-state index in [4.69, 9.17) is 10.5 Å².